The van der Waals surface area contributed by atoms with Crippen molar-refractivity contribution in [2.75, 3.05) is 20.1 Å². The summed E-state index contributed by atoms with van der Waals surface area (Å²) < 4.78 is -0.272. The van der Waals surface area contributed by atoms with Gasteiger partial charge in [-0.05, 0) is 43.0 Å². The Kier molecular flexibility index (Phi) is 5.95. The smallest absolute Gasteiger partial charge is 0.272 e. The van der Waals surface area contributed by atoms with Crippen LogP contribution in [-0.4, -0.2) is 42.0 Å². The Balaban J connectivity index is 1.36. The first-order valence-corrected chi connectivity index (χ1v) is 11.5. The summed E-state index contributed by atoms with van der Waals surface area (Å²) in [6, 6.07) is 13.8. The second-order valence-electron chi connectivity index (χ2n) is 8.49. The normalized spacial score (nSPS) is 19.8. The van der Waals surface area contributed by atoms with E-state index in [4.69, 9.17) is 0 Å². The molecule has 1 unspecified atom stereocenters. The van der Waals surface area contributed by atoms with Crippen molar-refractivity contribution < 1.29 is 4.79 Å². The standard InChI is InChI=1S/C23H29N3O2S/c1-17-12-14-25(15-13-17)23(27)22-5-3-4-18(24-22)16-29-21-10-8-20(9-11-21)26(2,28)19-6-7-19/h3-5,8-11,17,19H,6-7,12-16H2,1-2H3. The molecule has 2 heterocycles. The predicted molar refractivity (Wildman–Crippen MR) is 119 cm³/mol. The molecule has 6 heteroatoms. The van der Waals surface area contributed by atoms with E-state index in [2.05, 4.69) is 11.9 Å². The Morgan fingerprint density at radius 3 is 2.48 bits per heavy atom. The van der Waals surface area contributed by atoms with E-state index in [1.54, 1.807) is 18.8 Å². The monoisotopic (exact) mass is 411 g/mol. The van der Waals surface area contributed by atoms with Gasteiger partial charge in [0, 0.05) is 48.7 Å². The molecule has 4 rings (SSSR count). The topological polar surface area (TPSA) is 56.3 Å². The van der Waals surface area contributed by atoms with Crippen LogP contribution < -0.4 is 4.65 Å². The van der Waals surface area contributed by atoms with Crippen molar-refractivity contribution >= 4 is 23.4 Å². The molecule has 5 nitrogen and oxygen atoms in total. The molecule has 29 heavy (non-hydrogen) atoms. The zero-order valence-electron chi connectivity index (χ0n) is 17.2. The fourth-order valence-corrected chi connectivity index (χ4v) is 4.63. The quantitative estimate of drug-likeness (QED) is 0.388. The van der Waals surface area contributed by atoms with E-state index < -0.39 is 0 Å². The van der Waals surface area contributed by atoms with Crippen LogP contribution in [0.1, 0.15) is 48.8 Å². The van der Waals surface area contributed by atoms with E-state index in [0.717, 1.165) is 55.0 Å². The molecule has 0 spiro atoms. The second kappa shape index (κ2) is 8.46. The Bertz CT molecular complexity index is 857. The number of pyridine rings is 1. The molecule has 0 radical (unpaired) electrons. The van der Waals surface area contributed by atoms with E-state index in [-0.39, 0.29) is 16.6 Å². The average molecular weight is 412 g/mol. The molecule has 154 valence electrons. The van der Waals surface area contributed by atoms with Crippen molar-refractivity contribution in [3.05, 3.63) is 59.1 Å². The number of carbonyl (C=O) groups is 1. The predicted octanol–water partition coefficient (Wildman–Crippen LogP) is 4.84. The number of thioether (sulfide) groups is 1. The molecule has 1 aromatic heterocycles. The minimum atomic E-state index is -0.272. The lowest BCUT2D eigenvalue weighted by molar-refractivity contribution is 0.0691. The number of aromatic nitrogens is 1. The van der Waals surface area contributed by atoms with Gasteiger partial charge in [-0.1, -0.05) is 13.0 Å². The molecule has 1 saturated heterocycles. The molecule has 1 aliphatic carbocycles. The average Bonchev–Trinajstić information content (AvgIpc) is 3.59. The number of hydroxylamine groups is 2. The van der Waals surface area contributed by atoms with Gasteiger partial charge in [-0.3, -0.25) is 4.79 Å². The zero-order chi connectivity index (χ0) is 20.4. The molecule has 1 aromatic carbocycles. The van der Waals surface area contributed by atoms with Crippen LogP contribution in [0.4, 0.5) is 5.69 Å². The lowest BCUT2D eigenvalue weighted by Gasteiger charge is -2.38. The summed E-state index contributed by atoms with van der Waals surface area (Å²) >= 11 is 1.68. The molecule has 1 atom stereocenters. The Labute approximate surface area is 177 Å². The molecular formula is C23H29N3O2S. The fourth-order valence-electron chi connectivity index (χ4n) is 3.83. The number of benzene rings is 1. The van der Waals surface area contributed by atoms with Crippen LogP contribution in [-0.2, 0) is 5.75 Å². The first-order chi connectivity index (χ1) is 13.9. The number of quaternary nitrogens is 1. The maximum Gasteiger partial charge on any atom is 0.272 e. The van der Waals surface area contributed by atoms with Gasteiger partial charge in [0.15, 0.2) is 0 Å². The number of likely N-dealkylation sites (tertiary alicyclic amines) is 1. The van der Waals surface area contributed by atoms with E-state index in [1.807, 2.05) is 47.4 Å². The van der Waals surface area contributed by atoms with Crippen LogP contribution in [0.15, 0.2) is 47.4 Å². The third kappa shape index (κ3) is 4.82. The lowest BCUT2D eigenvalue weighted by Crippen LogP contribution is -2.40. The first-order valence-electron chi connectivity index (χ1n) is 10.5. The van der Waals surface area contributed by atoms with Crippen LogP contribution in [0.5, 0.6) is 0 Å². The van der Waals surface area contributed by atoms with Gasteiger partial charge in [0.05, 0.1) is 18.8 Å². The van der Waals surface area contributed by atoms with Crippen molar-refractivity contribution in [3.8, 4) is 0 Å². The van der Waals surface area contributed by atoms with Crippen LogP contribution in [0.2, 0.25) is 0 Å². The van der Waals surface area contributed by atoms with E-state index in [1.165, 1.54) is 0 Å². The maximum atomic E-state index is 12.7. The molecule has 0 bridgehead atoms. The Morgan fingerprint density at radius 1 is 1.14 bits per heavy atom. The number of hydrogen-bond donors (Lipinski definition) is 0. The molecule has 0 N–H and O–H groups in total. The SMILES string of the molecule is CC1CCN(C(=O)c2cccc(CSc3ccc([N+](C)([O-])C4CC4)cc3)n2)CC1. The van der Waals surface area contributed by atoms with Crippen molar-refractivity contribution in [1.29, 1.82) is 0 Å². The summed E-state index contributed by atoms with van der Waals surface area (Å²) in [6.45, 7) is 3.89. The van der Waals surface area contributed by atoms with Crippen LogP contribution in [0, 0.1) is 11.1 Å². The van der Waals surface area contributed by atoms with E-state index in [0.29, 0.717) is 17.4 Å². The van der Waals surface area contributed by atoms with Crippen LogP contribution in [0.3, 0.4) is 0 Å². The largest absolute Gasteiger partial charge is 0.627 e. The van der Waals surface area contributed by atoms with Gasteiger partial charge in [-0.25, -0.2) is 4.98 Å². The van der Waals surface area contributed by atoms with Gasteiger partial charge in [0.2, 0.25) is 0 Å². The molecule has 1 saturated carbocycles. The van der Waals surface area contributed by atoms with Crippen LogP contribution >= 0.6 is 11.8 Å². The lowest BCUT2D eigenvalue weighted by atomic mass is 9.99. The minimum Gasteiger partial charge on any atom is -0.627 e. The maximum absolute atomic E-state index is 12.7. The first kappa shape index (κ1) is 20.4. The van der Waals surface area contributed by atoms with Crippen molar-refractivity contribution in [3.63, 3.8) is 0 Å². The number of nitrogens with zero attached hydrogens (tertiary/aromatic N) is 3. The van der Waals surface area contributed by atoms with Gasteiger partial charge >= 0.3 is 0 Å². The van der Waals surface area contributed by atoms with Crippen LogP contribution in [0.25, 0.3) is 0 Å². The number of piperidine rings is 1. The number of rotatable bonds is 6. The zero-order valence-corrected chi connectivity index (χ0v) is 18.0. The van der Waals surface area contributed by atoms with Gasteiger partial charge in [0.25, 0.3) is 5.91 Å². The molecule has 2 fully saturated rings. The fraction of sp³-hybridized carbons (Fsp3) is 0.478. The summed E-state index contributed by atoms with van der Waals surface area (Å²) in [6.07, 6.45) is 4.18. The summed E-state index contributed by atoms with van der Waals surface area (Å²) in [5.41, 5.74) is 2.26. The third-order valence-corrected chi connectivity index (χ3v) is 7.12. The molecule has 1 amide bonds. The highest BCUT2D eigenvalue weighted by molar-refractivity contribution is 7.98. The number of carbonyl (C=O) groups excluding carboxylic acids is 1. The summed E-state index contributed by atoms with van der Waals surface area (Å²) in [5, 5.41) is 12.7. The summed E-state index contributed by atoms with van der Waals surface area (Å²) in [7, 11) is 1.75. The Morgan fingerprint density at radius 2 is 1.83 bits per heavy atom. The highest BCUT2D eigenvalue weighted by Crippen LogP contribution is 2.37. The van der Waals surface area contributed by atoms with Crippen molar-refractivity contribution in [2.24, 2.45) is 5.92 Å². The van der Waals surface area contributed by atoms with Crippen molar-refractivity contribution in [1.82, 2.24) is 14.5 Å². The van der Waals surface area contributed by atoms with Gasteiger partial charge in [-0.2, -0.15) is 0 Å². The highest BCUT2D eigenvalue weighted by Gasteiger charge is 2.37. The van der Waals surface area contributed by atoms with E-state index in [9.17, 15) is 10.0 Å². The number of amides is 1. The molecule has 2 aromatic rings. The third-order valence-electron chi connectivity index (χ3n) is 6.08. The highest BCUT2D eigenvalue weighted by atomic mass is 32.2. The minimum absolute atomic E-state index is 0.0423. The molecule has 1 aliphatic heterocycles. The van der Waals surface area contributed by atoms with E-state index >= 15 is 0 Å². The van der Waals surface area contributed by atoms with Crippen molar-refractivity contribution in [2.45, 2.75) is 49.3 Å². The summed E-state index contributed by atoms with van der Waals surface area (Å²) in [5.74, 6) is 1.44. The summed E-state index contributed by atoms with van der Waals surface area (Å²) in [4.78, 5) is 20.4. The molecular weight excluding hydrogens is 382 g/mol. The van der Waals surface area contributed by atoms with Gasteiger partial charge in [0.1, 0.15) is 11.4 Å². The molecule has 2 aliphatic rings. The second-order valence-corrected chi connectivity index (χ2v) is 9.54. The number of hydrogen-bond acceptors (Lipinski definition) is 4. The van der Waals surface area contributed by atoms with Gasteiger partial charge < -0.3 is 14.8 Å². The Hall–Kier alpha value is -1.89. The van der Waals surface area contributed by atoms with Gasteiger partial charge in [-0.15, -0.1) is 11.8 Å².